The van der Waals surface area contributed by atoms with E-state index in [4.69, 9.17) is 12.2 Å². The zero-order valence-electron chi connectivity index (χ0n) is 9.28. The van der Waals surface area contributed by atoms with E-state index in [0.29, 0.717) is 17.2 Å². The van der Waals surface area contributed by atoms with Crippen molar-refractivity contribution in [2.75, 3.05) is 13.6 Å². The maximum Gasteiger partial charge on any atom is 0.172 e. The van der Waals surface area contributed by atoms with Crippen LogP contribution in [0, 0.1) is 11.6 Å². The van der Waals surface area contributed by atoms with Gasteiger partial charge in [-0.1, -0.05) is 6.08 Å². The average molecular weight is 254 g/mol. The lowest BCUT2D eigenvalue weighted by Gasteiger charge is -2.18. The Balaban J connectivity index is 2.16. The van der Waals surface area contributed by atoms with Crippen molar-refractivity contribution in [3.63, 3.8) is 0 Å². The molecule has 0 aliphatic carbocycles. The van der Waals surface area contributed by atoms with E-state index in [1.54, 1.807) is 7.05 Å². The van der Waals surface area contributed by atoms with Gasteiger partial charge in [0, 0.05) is 31.8 Å². The molecule has 17 heavy (non-hydrogen) atoms. The molecule has 90 valence electrons. The molecule has 0 saturated carbocycles. The summed E-state index contributed by atoms with van der Waals surface area (Å²) in [5.74, 6) is -1.14. The lowest BCUT2D eigenvalue weighted by Crippen LogP contribution is -2.33. The molecule has 0 aromatic heterocycles. The molecule has 1 atom stereocenters. The SMILES string of the molecule is CNC(=S)N1C=CC(c2cc(F)cc(F)c2)C1. The van der Waals surface area contributed by atoms with Crippen LogP contribution in [-0.4, -0.2) is 23.6 Å². The molecule has 2 rings (SSSR count). The van der Waals surface area contributed by atoms with Crippen molar-refractivity contribution in [3.8, 4) is 0 Å². The Bertz CT molecular complexity index is 453. The van der Waals surface area contributed by atoms with Crippen LogP contribution in [0.25, 0.3) is 0 Å². The van der Waals surface area contributed by atoms with Crippen LogP contribution in [0.3, 0.4) is 0 Å². The van der Waals surface area contributed by atoms with Crippen molar-refractivity contribution in [2.45, 2.75) is 5.92 Å². The van der Waals surface area contributed by atoms with Crippen molar-refractivity contribution < 1.29 is 8.78 Å². The van der Waals surface area contributed by atoms with Gasteiger partial charge in [0.25, 0.3) is 0 Å². The predicted octanol–water partition coefficient (Wildman–Crippen LogP) is 2.38. The zero-order chi connectivity index (χ0) is 12.4. The van der Waals surface area contributed by atoms with Crippen LogP contribution in [-0.2, 0) is 0 Å². The second-order valence-electron chi connectivity index (χ2n) is 3.86. The second kappa shape index (κ2) is 4.79. The monoisotopic (exact) mass is 254 g/mol. The van der Waals surface area contributed by atoms with Gasteiger partial charge in [-0.05, 0) is 29.9 Å². The van der Waals surface area contributed by atoms with Crippen molar-refractivity contribution in [3.05, 3.63) is 47.7 Å². The Kier molecular flexibility index (Phi) is 3.38. The second-order valence-corrected chi connectivity index (χ2v) is 4.25. The van der Waals surface area contributed by atoms with Gasteiger partial charge in [-0.3, -0.25) is 0 Å². The zero-order valence-corrected chi connectivity index (χ0v) is 10.1. The molecule has 2 nitrogen and oxygen atoms in total. The van der Waals surface area contributed by atoms with Crippen molar-refractivity contribution in [2.24, 2.45) is 0 Å². The Morgan fingerprint density at radius 3 is 2.59 bits per heavy atom. The van der Waals surface area contributed by atoms with E-state index in [0.717, 1.165) is 6.07 Å². The lowest BCUT2D eigenvalue weighted by molar-refractivity contribution is 0.551. The third-order valence-electron chi connectivity index (χ3n) is 2.68. The van der Waals surface area contributed by atoms with E-state index in [1.807, 2.05) is 17.2 Å². The minimum Gasteiger partial charge on any atom is -0.365 e. The highest BCUT2D eigenvalue weighted by atomic mass is 32.1. The summed E-state index contributed by atoms with van der Waals surface area (Å²) in [6.07, 6.45) is 3.71. The fourth-order valence-corrected chi connectivity index (χ4v) is 1.98. The lowest BCUT2D eigenvalue weighted by atomic mass is 10.0. The number of benzene rings is 1. The number of hydrogen-bond acceptors (Lipinski definition) is 1. The van der Waals surface area contributed by atoms with Crippen molar-refractivity contribution >= 4 is 17.3 Å². The largest absolute Gasteiger partial charge is 0.365 e. The Morgan fingerprint density at radius 2 is 2.00 bits per heavy atom. The van der Waals surface area contributed by atoms with E-state index in [-0.39, 0.29) is 5.92 Å². The van der Waals surface area contributed by atoms with Gasteiger partial charge in [0.05, 0.1) is 0 Å². The molecule has 0 bridgehead atoms. The maximum atomic E-state index is 13.1. The first kappa shape index (κ1) is 12.0. The number of rotatable bonds is 1. The van der Waals surface area contributed by atoms with Gasteiger partial charge in [0.1, 0.15) is 11.6 Å². The first-order valence-electron chi connectivity index (χ1n) is 5.23. The highest BCUT2D eigenvalue weighted by Gasteiger charge is 2.20. The van der Waals surface area contributed by atoms with Crippen LogP contribution in [0.2, 0.25) is 0 Å². The number of hydrogen-bond donors (Lipinski definition) is 1. The van der Waals surface area contributed by atoms with E-state index >= 15 is 0 Å². The van der Waals surface area contributed by atoms with Crippen LogP contribution >= 0.6 is 12.2 Å². The van der Waals surface area contributed by atoms with Crippen LogP contribution in [0.15, 0.2) is 30.5 Å². The van der Waals surface area contributed by atoms with Gasteiger partial charge < -0.3 is 10.2 Å². The summed E-state index contributed by atoms with van der Waals surface area (Å²) in [5.41, 5.74) is 0.625. The predicted molar refractivity (Wildman–Crippen MR) is 66.6 cm³/mol. The van der Waals surface area contributed by atoms with Gasteiger partial charge in [-0.15, -0.1) is 0 Å². The smallest absolute Gasteiger partial charge is 0.172 e. The van der Waals surface area contributed by atoms with Crippen LogP contribution in [0.5, 0.6) is 0 Å². The van der Waals surface area contributed by atoms with E-state index in [2.05, 4.69) is 5.32 Å². The third-order valence-corrected chi connectivity index (χ3v) is 3.12. The first-order valence-corrected chi connectivity index (χ1v) is 5.63. The molecule has 1 aromatic carbocycles. The van der Waals surface area contributed by atoms with Gasteiger partial charge in [0.15, 0.2) is 5.11 Å². The summed E-state index contributed by atoms with van der Waals surface area (Å²) >= 11 is 5.08. The molecule has 0 fully saturated rings. The summed E-state index contributed by atoms with van der Waals surface area (Å²) in [6.45, 7) is 0.600. The van der Waals surface area contributed by atoms with Gasteiger partial charge in [-0.2, -0.15) is 0 Å². The molecule has 1 N–H and O–H groups in total. The average Bonchev–Trinajstić information content (AvgIpc) is 2.76. The fraction of sp³-hybridized carbons (Fsp3) is 0.250. The molecule has 0 radical (unpaired) electrons. The van der Waals surface area contributed by atoms with Crippen LogP contribution < -0.4 is 5.32 Å². The summed E-state index contributed by atoms with van der Waals surface area (Å²) < 4.78 is 26.2. The summed E-state index contributed by atoms with van der Waals surface area (Å²) in [5, 5.41) is 3.46. The molecule has 1 aliphatic heterocycles. The Morgan fingerprint density at radius 1 is 1.35 bits per heavy atom. The van der Waals surface area contributed by atoms with E-state index < -0.39 is 11.6 Å². The Labute approximate surface area is 104 Å². The van der Waals surface area contributed by atoms with E-state index in [9.17, 15) is 8.78 Å². The third kappa shape index (κ3) is 2.61. The molecule has 1 aromatic rings. The topological polar surface area (TPSA) is 15.3 Å². The maximum absolute atomic E-state index is 13.1. The minimum absolute atomic E-state index is 0.0356. The first-order chi connectivity index (χ1) is 8.10. The minimum atomic E-state index is -0.553. The standard InChI is InChI=1S/C12H12F2N2S/c1-15-12(17)16-3-2-8(7-16)9-4-10(13)6-11(14)5-9/h2-6,8H,7H2,1H3,(H,15,17). The molecule has 0 spiro atoms. The van der Waals surface area contributed by atoms with Gasteiger partial charge in [-0.25, -0.2) is 8.78 Å². The molecule has 0 amide bonds. The van der Waals surface area contributed by atoms with Crippen molar-refractivity contribution in [1.29, 1.82) is 0 Å². The summed E-state index contributed by atoms with van der Waals surface area (Å²) in [6, 6.07) is 3.58. The molecule has 5 heteroatoms. The molecule has 0 saturated heterocycles. The highest BCUT2D eigenvalue weighted by molar-refractivity contribution is 7.80. The molecular formula is C12H12F2N2S. The van der Waals surface area contributed by atoms with Gasteiger partial charge >= 0.3 is 0 Å². The van der Waals surface area contributed by atoms with Gasteiger partial charge in [0.2, 0.25) is 0 Å². The summed E-state index contributed by atoms with van der Waals surface area (Å²) in [4.78, 5) is 1.84. The van der Waals surface area contributed by atoms with Crippen molar-refractivity contribution in [1.82, 2.24) is 10.2 Å². The number of nitrogens with zero attached hydrogens (tertiary/aromatic N) is 1. The quantitative estimate of drug-likeness (QED) is 0.775. The molecule has 1 unspecified atom stereocenters. The molecule has 1 aliphatic rings. The number of halogens is 2. The molecular weight excluding hydrogens is 242 g/mol. The number of thiocarbonyl (C=S) groups is 1. The van der Waals surface area contributed by atoms with Crippen LogP contribution in [0.1, 0.15) is 11.5 Å². The van der Waals surface area contributed by atoms with E-state index in [1.165, 1.54) is 12.1 Å². The number of nitrogens with one attached hydrogen (secondary N) is 1. The Hall–Kier alpha value is -1.49. The highest BCUT2D eigenvalue weighted by Crippen LogP contribution is 2.25. The normalized spacial score (nSPS) is 18.5. The van der Waals surface area contributed by atoms with Crippen LogP contribution in [0.4, 0.5) is 8.78 Å². The molecule has 1 heterocycles. The fourth-order valence-electron chi connectivity index (χ4n) is 1.84. The summed E-state index contributed by atoms with van der Waals surface area (Å²) in [7, 11) is 1.74.